The summed E-state index contributed by atoms with van der Waals surface area (Å²) < 4.78 is 46.3. The fraction of sp³-hybridized carbons (Fsp3) is 0.316. The first-order valence-electron chi connectivity index (χ1n) is 8.60. The topological polar surface area (TPSA) is 89.7 Å². The van der Waals surface area contributed by atoms with E-state index in [4.69, 9.17) is 10.5 Å². The fourth-order valence-electron chi connectivity index (χ4n) is 2.53. The highest BCUT2D eigenvalue weighted by molar-refractivity contribution is 7.89. The van der Waals surface area contributed by atoms with E-state index in [9.17, 15) is 17.6 Å². The molecule has 6 nitrogen and oxygen atoms in total. The van der Waals surface area contributed by atoms with Gasteiger partial charge in [-0.05, 0) is 43.7 Å². The molecule has 28 heavy (non-hydrogen) atoms. The van der Waals surface area contributed by atoms with Crippen LogP contribution in [-0.2, 0) is 21.3 Å². The van der Waals surface area contributed by atoms with Crippen molar-refractivity contribution in [3.05, 3.63) is 65.5 Å². The van der Waals surface area contributed by atoms with Gasteiger partial charge in [0.25, 0.3) is 0 Å². The molecule has 0 radical (unpaired) electrons. The number of sulfonamides is 1. The second-order valence-corrected chi connectivity index (χ2v) is 7.80. The average Bonchev–Trinajstić information content (AvgIpc) is 2.65. The van der Waals surface area contributed by atoms with Gasteiger partial charge in [-0.2, -0.15) is 4.31 Å². The molecule has 0 bridgehead atoms. The predicted octanol–water partition coefficient (Wildman–Crippen LogP) is 2.96. The number of nitrogens with two attached hydrogens (primary N) is 1. The molecule has 2 N–H and O–H groups in total. The number of esters is 1. The Morgan fingerprint density at radius 1 is 1.18 bits per heavy atom. The molecule has 2 rings (SSSR count). The maximum absolute atomic E-state index is 14.0. The van der Waals surface area contributed by atoms with E-state index in [0.717, 1.165) is 23.8 Å². The lowest BCUT2D eigenvalue weighted by molar-refractivity contribution is 0.0525. The number of rotatable bonds is 9. The molecule has 2 aromatic rings. The monoisotopic (exact) mass is 430 g/mol. The number of benzene rings is 2. The third kappa shape index (κ3) is 6.27. The van der Waals surface area contributed by atoms with Crippen molar-refractivity contribution in [2.24, 2.45) is 5.73 Å². The van der Waals surface area contributed by atoms with Crippen molar-refractivity contribution < 1.29 is 22.3 Å². The summed E-state index contributed by atoms with van der Waals surface area (Å²) >= 11 is 0. The van der Waals surface area contributed by atoms with Crippen molar-refractivity contribution >= 4 is 28.4 Å². The van der Waals surface area contributed by atoms with E-state index in [1.54, 1.807) is 19.1 Å². The Kier molecular flexibility index (Phi) is 9.54. The van der Waals surface area contributed by atoms with Crippen molar-refractivity contribution in [2.45, 2.75) is 24.8 Å². The molecule has 0 fully saturated rings. The van der Waals surface area contributed by atoms with Gasteiger partial charge in [-0.1, -0.05) is 30.3 Å². The highest BCUT2D eigenvalue weighted by Crippen LogP contribution is 2.22. The van der Waals surface area contributed by atoms with Gasteiger partial charge in [-0.3, -0.25) is 0 Å². The van der Waals surface area contributed by atoms with E-state index >= 15 is 0 Å². The van der Waals surface area contributed by atoms with Crippen LogP contribution < -0.4 is 5.73 Å². The zero-order valence-corrected chi connectivity index (χ0v) is 17.1. The van der Waals surface area contributed by atoms with Gasteiger partial charge in [0.15, 0.2) is 0 Å². The maximum atomic E-state index is 14.0. The Bertz CT molecular complexity index is 879. The summed E-state index contributed by atoms with van der Waals surface area (Å²) in [4.78, 5) is 11.6. The van der Waals surface area contributed by atoms with E-state index in [-0.39, 0.29) is 42.6 Å². The Morgan fingerprint density at radius 3 is 2.46 bits per heavy atom. The minimum atomic E-state index is -4.03. The molecule has 0 atom stereocenters. The number of carbonyl (C=O) groups excluding carboxylic acids is 1. The molecule has 154 valence electrons. The molecule has 0 amide bonds. The van der Waals surface area contributed by atoms with E-state index in [1.807, 2.05) is 18.2 Å². The van der Waals surface area contributed by atoms with Gasteiger partial charge in [-0.15, -0.1) is 12.4 Å². The number of halogens is 2. The smallest absolute Gasteiger partial charge is 0.338 e. The molecular formula is C19H24ClFN2O4S. The molecule has 0 aliphatic carbocycles. The molecule has 0 saturated heterocycles. The highest BCUT2D eigenvalue weighted by Gasteiger charge is 2.26. The van der Waals surface area contributed by atoms with Gasteiger partial charge >= 0.3 is 5.97 Å². The van der Waals surface area contributed by atoms with Crippen LogP contribution in [0.15, 0.2) is 53.4 Å². The van der Waals surface area contributed by atoms with Gasteiger partial charge in [0.1, 0.15) is 5.82 Å². The quantitative estimate of drug-likeness (QED) is 0.618. The number of ether oxygens (including phenoxy) is 1. The fourth-order valence-corrected chi connectivity index (χ4v) is 4.06. The van der Waals surface area contributed by atoms with E-state index < -0.39 is 21.8 Å². The zero-order valence-electron chi connectivity index (χ0n) is 15.5. The predicted molar refractivity (Wildman–Crippen MR) is 107 cm³/mol. The Hall–Kier alpha value is -2.00. The molecular weight excluding hydrogens is 407 g/mol. The van der Waals surface area contributed by atoms with Crippen LogP contribution in [0, 0.1) is 5.82 Å². The lowest BCUT2D eigenvalue weighted by atomic mass is 10.2. The van der Waals surface area contributed by atoms with Crippen LogP contribution >= 0.6 is 12.4 Å². The first kappa shape index (κ1) is 24.0. The minimum Gasteiger partial charge on any atom is -0.462 e. The van der Waals surface area contributed by atoms with Crippen LogP contribution in [0.5, 0.6) is 0 Å². The van der Waals surface area contributed by atoms with Gasteiger partial charge in [0.05, 0.1) is 17.1 Å². The van der Waals surface area contributed by atoms with Crippen molar-refractivity contribution in [3.63, 3.8) is 0 Å². The number of hydrogen-bond donors (Lipinski definition) is 1. The molecule has 0 spiro atoms. The van der Waals surface area contributed by atoms with Gasteiger partial charge < -0.3 is 10.5 Å². The van der Waals surface area contributed by atoms with Crippen molar-refractivity contribution in [1.29, 1.82) is 0 Å². The molecule has 0 aliphatic rings. The molecule has 2 aromatic carbocycles. The SMILES string of the molecule is CCOC(=O)c1cc(F)cc(S(=O)(=O)N(CCCN)Cc2ccccc2)c1.Cl. The highest BCUT2D eigenvalue weighted by atomic mass is 35.5. The van der Waals surface area contributed by atoms with Crippen LogP contribution in [-0.4, -0.2) is 38.4 Å². The summed E-state index contributed by atoms with van der Waals surface area (Å²) in [5.41, 5.74) is 6.18. The summed E-state index contributed by atoms with van der Waals surface area (Å²) in [6.07, 6.45) is 0.451. The summed E-state index contributed by atoms with van der Waals surface area (Å²) in [7, 11) is -4.03. The van der Waals surface area contributed by atoms with Crippen LogP contribution in [0.25, 0.3) is 0 Å². The Morgan fingerprint density at radius 2 is 1.86 bits per heavy atom. The standard InChI is InChI=1S/C19H23FN2O4S.ClH/c1-2-26-19(23)16-11-17(20)13-18(12-16)27(24,25)22(10-6-9-21)14-15-7-4-3-5-8-15;/h3-5,7-8,11-13H,2,6,9-10,14,21H2,1H3;1H. The third-order valence-corrected chi connectivity index (χ3v) is 5.66. The first-order chi connectivity index (χ1) is 12.9. The summed E-state index contributed by atoms with van der Waals surface area (Å²) in [5, 5.41) is 0. The van der Waals surface area contributed by atoms with Crippen molar-refractivity contribution in [3.8, 4) is 0 Å². The Balaban J connectivity index is 0.00000392. The molecule has 0 aromatic heterocycles. The number of nitrogens with zero attached hydrogens (tertiary/aromatic N) is 1. The number of hydrogen-bond acceptors (Lipinski definition) is 5. The second-order valence-electron chi connectivity index (χ2n) is 5.86. The molecule has 0 saturated carbocycles. The average molecular weight is 431 g/mol. The molecule has 0 heterocycles. The maximum Gasteiger partial charge on any atom is 0.338 e. The van der Waals surface area contributed by atoms with E-state index in [2.05, 4.69) is 0 Å². The van der Waals surface area contributed by atoms with Gasteiger partial charge in [0, 0.05) is 13.1 Å². The lowest BCUT2D eigenvalue weighted by Crippen LogP contribution is -2.33. The largest absolute Gasteiger partial charge is 0.462 e. The molecule has 0 unspecified atom stereocenters. The normalized spacial score (nSPS) is 11.1. The summed E-state index contributed by atoms with van der Waals surface area (Å²) in [5.74, 6) is -1.59. The van der Waals surface area contributed by atoms with Crippen LogP contribution in [0.4, 0.5) is 4.39 Å². The summed E-state index contributed by atoms with van der Waals surface area (Å²) in [6.45, 7) is 2.34. The first-order valence-corrected chi connectivity index (χ1v) is 10.0. The van der Waals surface area contributed by atoms with Crippen LogP contribution in [0.1, 0.15) is 29.3 Å². The lowest BCUT2D eigenvalue weighted by Gasteiger charge is -2.22. The Labute approximate surface area is 170 Å². The van der Waals surface area contributed by atoms with Crippen LogP contribution in [0.2, 0.25) is 0 Å². The van der Waals surface area contributed by atoms with E-state index in [0.29, 0.717) is 13.0 Å². The second kappa shape index (κ2) is 11.1. The zero-order chi connectivity index (χ0) is 19.9. The number of carbonyl (C=O) groups is 1. The minimum absolute atomic E-state index is 0. The summed E-state index contributed by atoms with van der Waals surface area (Å²) in [6, 6.07) is 12.1. The van der Waals surface area contributed by atoms with Gasteiger partial charge in [0.2, 0.25) is 10.0 Å². The van der Waals surface area contributed by atoms with Crippen LogP contribution in [0.3, 0.4) is 0 Å². The molecule has 9 heteroatoms. The molecule has 0 aliphatic heterocycles. The van der Waals surface area contributed by atoms with Crippen molar-refractivity contribution in [2.75, 3.05) is 19.7 Å². The van der Waals surface area contributed by atoms with Crippen molar-refractivity contribution in [1.82, 2.24) is 4.31 Å². The van der Waals surface area contributed by atoms with E-state index in [1.165, 1.54) is 4.31 Å². The third-order valence-electron chi connectivity index (χ3n) is 3.83. The van der Waals surface area contributed by atoms with Gasteiger partial charge in [-0.25, -0.2) is 17.6 Å².